The van der Waals surface area contributed by atoms with Gasteiger partial charge < -0.3 is 10.2 Å². The molecule has 1 atom stereocenters. The fraction of sp³-hybridized carbons (Fsp3) is 1.00. The van der Waals surface area contributed by atoms with E-state index in [1.165, 1.54) is 45.4 Å². The van der Waals surface area contributed by atoms with Crippen molar-refractivity contribution in [2.45, 2.75) is 32.2 Å². The zero-order valence-electron chi connectivity index (χ0n) is 8.05. The van der Waals surface area contributed by atoms with Gasteiger partial charge in [0, 0.05) is 6.04 Å². The average Bonchev–Trinajstić information content (AvgIpc) is 2.03. The molecule has 2 nitrogen and oxygen atoms in total. The van der Waals surface area contributed by atoms with Gasteiger partial charge in [0.05, 0.1) is 0 Å². The Morgan fingerprint density at radius 2 is 1.92 bits per heavy atom. The van der Waals surface area contributed by atoms with Crippen molar-refractivity contribution in [2.75, 3.05) is 26.2 Å². The third-order valence-corrected chi connectivity index (χ3v) is 3.53. The standard InChI is InChI=1S/C10H20N2/c1-9(12-7-2-8-12)10-3-5-11-6-4-10/h9-11H,2-8H2,1H3. The molecule has 0 saturated carbocycles. The maximum atomic E-state index is 3.43. The molecule has 2 heterocycles. The molecule has 2 aliphatic heterocycles. The Kier molecular flexibility index (Phi) is 2.66. The molecule has 0 radical (unpaired) electrons. The summed E-state index contributed by atoms with van der Waals surface area (Å²) in [4.78, 5) is 2.63. The van der Waals surface area contributed by atoms with E-state index in [0.29, 0.717) is 0 Å². The molecule has 0 bridgehead atoms. The zero-order chi connectivity index (χ0) is 8.39. The van der Waals surface area contributed by atoms with Crippen molar-refractivity contribution < 1.29 is 0 Å². The Bertz CT molecular complexity index is 137. The lowest BCUT2D eigenvalue weighted by Crippen LogP contribution is -2.49. The van der Waals surface area contributed by atoms with Crippen LogP contribution in [0.25, 0.3) is 0 Å². The van der Waals surface area contributed by atoms with Crippen LogP contribution >= 0.6 is 0 Å². The average molecular weight is 168 g/mol. The summed E-state index contributed by atoms with van der Waals surface area (Å²) in [7, 11) is 0. The first kappa shape index (κ1) is 8.52. The van der Waals surface area contributed by atoms with Crippen molar-refractivity contribution in [2.24, 2.45) is 5.92 Å². The molecule has 2 heteroatoms. The number of likely N-dealkylation sites (tertiary alicyclic amines) is 1. The monoisotopic (exact) mass is 168 g/mol. The number of rotatable bonds is 2. The predicted molar refractivity (Wildman–Crippen MR) is 51.2 cm³/mol. The highest BCUT2D eigenvalue weighted by atomic mass is 15.2. The minimum atomic E-state index is 0.848. The maximum Gasteiger partial charge on any atom is 0.00961 e. The van der Waals surface area contributed by atoms with Gasteiger partial charge in [0.25, 0.3) is 0 Å². The highest BCUT2D eigenvalue weighted by molar-refractivity contribution is 4.83. The van der Waals surface area contributed by atoms with Gasteiger partial charge in [-0.25, -0.2) is 0 Å². The van der Waals surface area contributed by atoms with Crippen LogP contribution in [-0.4, -0.2) is 37.1 Å². The Morgan fingerprint density at radius 3 is 2.42 bits per heavy atom. The molecule has 0 spiro atoms. The van der Waals surface area contributed by atoms with Crippen LogP contribution in [-0.2, 0) is 0 Å². The molecular weight excluding hydrogens is 148 g/mol. The van der Waals surface area contributed by atoms with E-state index >= 15 is 0 Å². The summed E-state index contributed by atoms with van der Waals surface area (Å²) in [6.07, 6.45) is 4.20. The first-order valence-electron chi connectivity index (χ1n) is 5.32. The third-order valence-electron chi connectivity index (χ3n) is 3.53. The van der Waals surface area contributed by atoms with Gasteiger partial charge in [0.1, 0.15) is 0 Å². The second-order valence-electron chi connectivity index (χ2n) is 4.22. The van der Waals surface area contributed by atoms with Crippen LogP contribution < -0.4 is 5.32 Å². The van der Waals surface area contributed by atoms with E-state index in [0.717, 1.165) is 12.0 Å². The van der Waals surface area contributed by atoms with Crippen LogP contribution in [0.15, 0.2) is 0 Å². The largest absolute Gasteiger partial charge is 0.317 e. The predicted octanol–water partition coefficient (Wildman–Crippen LogP) is 1.08. The molecule has 70 valence electrons. The molecule has 0 aromatic rings. The Labute approximate surface area is 75.3 Å². The van der Waals surface area contributed by atoms with Crippen LogP contribution in [0.2, 0.25) is 0 Å². The Balaban J connectivity index is 1.80. The fourth-order valence-electron chi connectivity index (χ4n) is 2.37. The second-order valence-corrected chi connectivity index (χ2v) is 4.22. The van der Waals surface area contributed by atoms with Gasteiger partial charge in [0.2, 0.25) is 0 Å². The van der Waals surface area contributed by atoms with Gasteiger partial charge in [0.15, 0.2) is 0 Å². The molecular formula is C10H20N2. The smallest absolute Gasteiger partial charge is 0.00961 e. The zero-order valence-corrected chi connectivity index (χ0v) is 8.05. The van der Waals surface area contributed by atoms with Gasteiger partial charge in [-0.15, -0.1) is 0 Å². The molecule has 12 heavy (non-hydrogen) atoms. The lowest BCUT2D eigenvalue weighted by atomic mass is 9.89. The van der Waals surface area contributed by atoms with Gasteiger partial charge >= 0.3 is 0 Å². The number of nitrogens with zero attached hydrogens (tertiary/aromatic N) is 1. The van der Waals surface area contributed by atoms with Crippen molar-refractivity contribution in [1.82, 2.24) is 10.2 Å². The van der Waals surface area contributed by atoms with E-state index in [4.69, 9.17) is 0 Å². The van der Waals surface area contributed by atoms with Crippen LogP contribution in [0.3, 0.4) is 0 Å². The van der Waals surface area contributed by atoms with Gasteiger partial charge in [-0.2, -0.15) is 0 Å². The Morgan fingerprint density at radius 1 is 1.25 bits per heavy atom. The molecule has 0 aromatic carbocycles. The van der Waals surface area contributed by atoms with Crippen LogP contribution in [0.5, 0.6) is 0 Å². The van der Waals surface area contributed by atoms with Crippen molar-refractivity contribution in [1.29, 1.82) is 0 Å². The molecule has 2 fully saturated rings. The Hall–Kier alpha value is -0.0800. The summed E-state index contributed by atoms with van der Waals surface area (Å²) in [6, 6.07) is 0.848. The molecule has 2 rings (SSSR count). The molecule has 2 saturated heterocycles. The number of nitrogens with one attached hydrogen (secondary N) is 1. The highest BCUT2D eigenvalue weighted by Crippen LogP contribution is 2.23. The minimum absolute atomic E-state index is 0.848. The van der Waals surface area contributed by atoms with E-state index < -0.39 is 0 Å². The van der Waals surface area contributed by atoms with Gasteiger partial charge in [-0.1, -0.05) is 0 Å². The number of piperidine rings is 1. The normalized spacial score (nSPS) is 29.8. The maximum absolute atomic E-state index is 3.43. The lowest BCUT2D eigenvalue weighted by molar-refractivity contribution is 0.0765. The molecule has 1 unspecified atom stereocenters. The van der Waals surface area contributed by atoms with Crippen molar-refractivity contribution in [3.05, 3.63) is 0 Å². The molecule has 1 N–H and O–H groups in total. The number of hydrogen-bond acceptors (Lipinski definition) is 2. The van der Waals surface area contributed by atoms with Crippen LogP contribution in [0, 0.1) is 5.92 Å². The summed E-state index contributed by atoms with van der Waals surface area (Å²) < 4.78 is 0. The van der Waals surface area contributed by atoms with Gasteiger partial charge in [-0.3, -0.25) is 0 Å². The topological polar surface area (TPSA) is 15.3 Å². The molecule has 0 aromatic heterocycles. The highest BCUT2D eigenvalue weighted by Gasteiger charge is 2.27. The second kappa shape index (κ2) is 3.75. The molecule has 0 aliphatic carbocycles. The van der Waals surface area contributed by atoms with Crippen LogP contribution in [0.1, 0.15) is 26.2 Å². The SMILES string of the molecule is CC(C1CCNCC1)N1CCC1. The summed E-state index contributed by atoms with van der Waals surface area (Å²) >= 11 is 0. The molecule has 0 amide bonds. The summed E-state index contributed by atoms with van der Waals surface area (Å²) in [5.41, 5.74) is 0. The first-order valence-corrected chi connectivity index (χ1v) is 5.32. The first-order chi connectivity index (χ1) is 5.88. The van der Waals surface area contributed by atoms with Crippen molar-refractivity contribution in [3.8, 4) is 0 Å². The van der Waals surface area contributed by atoms with E-state index in [2.05, 4.69) is 17.1 Å². The van der Waals surface area contributed by atoms with Gasteiger partial charge in [-0.05, 0) is 58.3 Å². The number of hydrogen-bond donors (Lipinski definition) is 1. The fourth-order valence-corrected chi connectivity index (χ4v) is 2.37. The van der Waals surface area contributed by atoms with E-state index in [9.17, 15) is 0 Å². The van der Waals surface area contributed by atoms with E-state index in [-0.39, 0.29) is 0 Å². The summed E-state index contributed by atoms with van der Waals surface area (Å²) in [5.74, 6) is 0.964. The van der Waals surface area contributed by atoms with Crippen molar-refractivity contribution in [3.63, 3.8) is 0 Å². The summed E-state index contributed by atoms with van der Waals surface area (Å²) in [6.45, 7) is 7.59. The third kappa shape index (κ3) is 1.64. The van der Waals surface area contributed by atoms with E-state index in [1.807, 2.05) is 0 Å². The van der Waals surface area contributed by atoms with Crippen LogP contribution in [0.4, 0.5) is 0 Å². The summed E-state index contributed by atoms with van der Waals surface area (Å²) in [5, 5.41) is 3.43. The van der Waals surface area contributed by atoms with E-state index in [1.54, 1.807) is 0 Å². The quantitative estimate of drug-likeness (QED) is 0.664. The molecule has 2 aliphatic rings. The van der Waals surface area contributed by atoms with Crippen molar-refractivity contribution >= 4 is 0 Å². The lowest BCUT2D eigenvalue weighted by Gasteiger charge is -2.41. The minimum Gasteiger partial charge on any atom is -0.317 e.